The summed E-state index contributed by atoms with van der Waals surface area (Å²) in [4.78, 5) is 32.7. The van der Waals surface area contributed by atoms with Crippen LogP contribution in [0.3, 0.4) is 0 Å². The summed E-state index contributed by atoms with van der Waals surface area (Å²) in [7, 11) is 0. The molecule has 0 unspecified atom stereocenters. The number of hydrogen-bond acceptors (Lipinski definition) is 5. The molecule has 0 saturated heterocycles. The Morgan fingerprint density at radius 3 is 2.08 bits per heavy atom. The molecule has 26 heavy (non-hydrogen) atoms. The monoisotopic (exact) mass is 359 g/mol. The van der Waals surface area contributed by atoms with Crippen LogP contribution in [0.1, 0.15) is 33.2 Å². The number of carboxylic acid groups (broad SMARTS) is 2. The lowest BCUT2D eigenvalue weighted by Gasteiger charge is -2.13. The van der Waals surface area contributed by atoms with Crippen molar-refractivity contribution in [3.63, 3.8) is 0 Å². The van der Waals surface area contributed by atoms with E-state index in [1.165, 1.54) is 43.3 Å². The molecule has 0 saturated carbocycles. The number of ether oxygens (including phenoxy) is 1. The summed E-state index contributed by atoms with van der Waals surface area (Å²) in [5.74, 6) is -2.91. The van der Waals surface area contributed by atoms with Crippen molar-refractivity contribution in [3.8, 4) is 11.5 Å². The summed E-state index contributed by atoms with van der Waals surface area (Å²) in [6.45, 7) is 6.76. The number of nitro benzene ring substituents is 1. The molecule has 0 fully saturated rings. The molecule has 0 atom stereocenters. The maximum Gasteiger partial charge on any atom is 0.339 e. The van der Waals surface area contributed by atoms with Crippen molar-refractivity contribution in [1.82, 2.24) is 0 Å². The molecule has 0 aliphatic carbocycles. The van der Waals surface area contributed by atoms with Crippen LogP contribution in [-0.4, -0.2) is 27.1 Å². The number of benzene rings is 2. The summed E-state index contributed by atoms with van der Waals surface area (Å²) >= 11 is 0. The van der Waals surface area contributed by atoms with Crippen molar-refractivity contribution in [2.24, 2.45) is 0 Å². The Kier molecular flexibility index (Phi) is 7.03. The van der Waals surface area contributed by atoms with Gasteiger partial charge in [0.15, 0.2) is 5.75 Å². The maximum atomic E-state index is 11.4. The average molecular weight is 359 g/mol. The van der Waals surface area contributed by atoms with E-state index in [4.69, 9.17) is 4.74 Å². The van der Waals surface area contributed by atoms with Crippen LogP contribution in [0.4, 0.5) is 5.69 Å². The Labute approximate surface area is 149 Å². The number of carbonyl (C=O) groups is 2. The van der Waals surface area contributed by atoms with E-state index in [1.807, 2.05) is 6.92 Å². The molecule has 2 aromatic rings. The third kappa shape index (κ3) is 4.91. The van der Waals surface area contributed by atoms with Gasteiger partial charge in [0.05, 0.1) is 4.92 Å². The molecular formula is C18H17NO7. The van der Waals surface area contributed by atoms with E-state index in [2.05, 4.69) is 6.58 Å². The molecule has 2 rings (SSSR count). The second kappa shape index (κ2) is 8.97. The number of hydrogen-bond donors (Lipinski definition) is 2. The first kappa shape index (κ1) is 20.4. The molecule has 0 bridgehead atoms. The van der Waals surface area contributed by atoms with E-state index in [0.717, 1.165) is 0 Å². The second-order valence-electron chi connectivity index (χ2n) is 5.01. The minimum absolute atomic E-state index is 0.0891. The Hall–Kier alpha value is -3.68. The van der Waals surface area contributed by atoms with Crippen LogP contribution in [0.5, 0.6) is 11.5 Å². The van der Waals surface area contributed by atoms with Gasteiger partial charge in [-0.1, -0.05) is 12.1 Å². The second-order valence-corrected chi connectivity index (χ2v) is 5.01. The van der Waals surface area contributed by atoms with Gasteiger partial charge < -0.3 is 14.9 Å². The van der Waals surface area contributed by atoms with Gasteiger partial charge in [0.2, 0.25) is 0 Å². The van der Waals surface area contributed by atoms with Gasteiger partial charge >= 0.3 is 11.9 Å². The molecule has 0 aliphatic rings. The summed E-state index contributed by atoms with van der Waals surface area (Å²) in [5.41, 5.74) is -0.424. The van der Waals surface area contributed by atoms with Crippen molar-refractivity contribution >= 4 is 17.6 Å². The van der Waals surface area contributed by atoms with Gasteiger partial charge in [0.25, 0.3) is 5.69 Å². The van der Waals surface area contributed by atoms with Crippen LogP contribution in [0.15, 0.2) is 49.1 Å². The molecule has 0 spiro atoms. The lowest BCUT2D eigenvalue weighted by atomic mass is 10.0. The van der Waals surface area contributed by atoms with Crippen LogP contribution < -0.4 is 4.74 Å². The topological polar surface area (TPSA) is 127 Å². The van der Waals surface area contributed by atoms with Gasteiger partial charge in [-0.2, -0.15) is 0 Å². The lowest BCUT2D eigenvalue weighted by Crippen LogP contribution is -2.09. The molecule has 0 aliphatic heterocycles. The maximum absolute atomic E-state index is 11.4. The first-order valence-electron chi connectivity index (χ1n) is 7.32. The Balaban J connectivity index is 0.00000105. The number of aromatic carboxylic acids is 2. The number of nitrogens with zero attached hydrogens (tertiary/aromatic N) is 1. The van der Waals surface area contributed by atoms with Crippen molar-refractivity contribution in [2.45, 2.75) is 13.8 Å². The highest BCUT2D eigenvalue weighted by molar-refractivity contribution is 6.00. The molecule has 0 amide bonds. The molecule has 8 heteroatoms. The molecule has 136 valence electrons. The molecule has 2 N–H and O–H groups in total. The number of aryl methyl sites for hydroxylation is 1. The minimum atomic E-state index is -1.34. The van der Waals surface area contributed by atoms with E-state index in [0.29, 0.717) is 5.56 Å². The van der Waals surface area contributed by atoms with Crippen molar-refractivity contribution < 1.29 is 29.5 Å². The van der Waals surface area contributed by atoms with Gasteiger partial charge in [0.1, 0.15) is 16.9 Å². The number of allylic oxidation sites excluding steroid dienone is 1. The van der Waals surface area contributed by atoms with Crippen LogP contribution in [0.25, 0.3) is 0 Å². The summed E-state index contributed by atoms with van der Waals surface area (Å²) in [6, 6.07) is 7.48. The Morgan fingerprint density at radius 2 is 1.65 bits per heavy atom. The zero-order valence-corrected chi connectivity index (χ0v) is 14.1. The van der Waals surface area contributed by atoms with Gasteiger partial charge in [-0.15, -0.1) is 6.58 Å². The molecule has 0 radical (unpaired) electrons. The minimum Gasteiger partial charge on any atom is -0.478 e. The lowest BCUT2D eigenvalue weighted by molar-refractivity contribution is -0.384. The fourth-order valence-corrected chi connectivity index (χ4v) is 1.98. The fraction of sp³-hybridized carbons (Fsp3) is 0.111. The van der Waals surface area contributed by atoms with Gasteiger partial charge in [-0.3, -0.25) is 10.1 Å². The fourth-order valence-electron chi connectivity index (χ4n) is 1.98. The van der Waals surface area contributed by atoms with Crippen molar-refractivity contribution in [1.29, 1.82) is 0 Å². The van der Waals surface area contributed by atoms with Gasteiger partial charge in [-0.25, -0.2) is 9.59 Å². The van der Waals surface area contributed by atoms with Crippen LogP contribution in [0.2, 0.25) is 0 Å². The van der Waals surface area contributed by atoms with Crippen LogP contribution in [-0.2, 0) is 0 Å². The molecule has 8 nitrogen and oxygen atoms in total. The number of carboxylic acids is 2. The van der Waals surface area contributed by atoms with Crippen LogP contribution >= 0.6 is 0 Å². The van der Waals surface area contributed by atoms with Crippen LogP contribution in [0, 0.1) is 17.0 Å². The van der Waals surface area contributed by atoms with Gasteiger partial charge in [0, 0.05) is 12.1 Å². The third-order valence-corrected chi connectivity index (χ3v) is 3.08. The SMILES string of the molecule is C=CC.Cc1ccc(C(=O)O)c(Oc2ccc([N+](=O)[O-])cc2)c1C(=O)O. The number of nitro groups is 1. The smallest absolute Gasteiger partial charge is 0.339 e. The zero-order valence-electron chi connectivity index (χ0n) is 14.1. The highest BCUT2D eigenvalue weighted by Gasteiger charge is 2.23. The van der Waals surface area contributed by atoms with E-state index in [1.54, 1.807) is 6.08 Å². The summed E-state index contributed by atoms with van der Waals surface area (Å²) in [5, 5.41) is 29.1. The van der Waals surface area contributed by atoms with E-state index < -0.39 is 16.9 Å². The zero-order chi connectivity index (χ0) is 19.9. The summed E-state index contributed by atoms with van der Waals surface area (Å²) in [6.07, 6.45) is 1.75. The normalized spacial score (nSPS) is 9.46. The predicted octanol–water partition coefficient (Wildman–Crippen LogP) is 4.28. The van der Waals surface area contributed by atoms with E-state index in [9.17, 15) is 29.9 Å². The highest BCUT2D eigenvalue weighted by Crippen LogP contribution is 2.32. The van der Waals surface area contributed by atoms with Gasteiger partial charge in [-0.05, 0) is 37.6 Å². The molecule has 2 aromatic carbocycles. The average Bonchev–Trinajstić information content (AvgIpc) is 2.55. The van der Waals surface area contributed by atoms with E-state index >= 15 is 0 Å². The highest BCUT2D eigenvalue weighted by atomic mass is 16.6. The largest absolute Gasteiger partial charge is 0.478 e. The number of rotatable bonds is 5. The predicted molar refractivity (Wildman–Crippen MR) is 94.1 cm³/mol. The Bertz CT molecular complexity index is 841. The van der Waals surface area contributed by atoms with E-state index in [-0.39, 0.29) is 28.3 Å². The first-order chi connectivity index (χ1) is 12.2. The van der Waals surface area contributed by atoms with Crippen molar-refractivity contribution in [2.75, 3.05) is 0 Å². The summed E-state index contributed by atoms with van der Waals surface area (Å²) < 4.78 is 5.39. The molecule has 0 aromatic heterocycles. The number of non-ortho nitro benzene ring substituents is 1. The molecule has 0 heterocycles. The first-order valence-corrected chi connectivity index (χ1v) is 7.32. The standard InChI is InChI=1S/C15H11NO7.C3H6/c1-8-2-7-11(14(17)18)13(12(8)15(19)20)23-10-5-3-9(4-6-10)16(21)22;1-3-2/h2-7H,1H3,(H,17,18)(H,19,20);3H,1H2,2H3. The quantitative estimate of drug-likeness (QED) is 0.463. The Morgan fingerprint density at radius 1 is 1.12 bits per heavy atom. The third-order valence-electron chi connectivity index (χ3n) is 3.08. The molecular weight excluding hydrogens is 342 g/mol. The van der Waals surface area contributed by atoms with Crippen molar-refractivity contribution in [3.05, 3.63) is 75.9 Å².